The normalized spacial score (nSPS) is 16.0. The monoisotopic (exact) mass is 249 g/mol. The minimum Gasteiger partial charge on any atom is -0.481 e. The summed E-state index contributed by atoms with van der Waals surface area (Å²) in [4.78, 5) is 10.7. The molecule has 1 rings (SSSR count). The molecule has 0 spiro atoms. The first-order valence-electron chi connectivity index (χ1n) is 6.52. The molecule has 18 heavy (non-hydrogen) atoms. The van der Waals surface area contributed by atoms with Crippen LogP contribution in [0.2, 0.25) is 0 Å². The van der Waals surface area contributed by atoms with Gasteiger partial charge in [-0.3, -0.25) is 4.79 Å². The Balaban J connectivity index is 2.75. The Kier molecular flexibility index (Phi) is 5.35. The number of carbonyl (C=O) groups is 1. The minimum atomic E-state index is -0.797. The number of carboxylic acids is 1. The summed E-state index contributed by atoms with van der Waals surface area (Å²) >= 11 is 0. The average molecular weight is 249 g/mol. The molecule has 1 aromatic rings. The van der Waals surface area contributed by atoms with Crippen LogP contribution in [-0.2, 0) is 4.79 Å². The molecule has 0 aliphatic rings. The summed E-state index contributed by atoms with van der Waals surface area (Å²) in [5.74, 6) is -0.308. The predicted molar refractivity (Wildman–Crippen MR) is 73.5 cm³/mol. The molecule has 0 radical (unpaired) electrons. The average Bonchev–Trinajstić information content (AvgIpc) is 2.36. The molecule has 3 heteroatoms. The maximum atomic E-state index is 10.7. The Morgan fingerprint density at radius 2 is 1.72 bits per heavy atom. The SMILES string of the molecule is CCC(C)c1ccc(C(N)C(C)CC(=O)O)cc1. The predicted octanol–water partition coefficient (Wildman–Crippen LogP) is 3.31. The van der Waals surface area contributed by atoms with Gasteiger partial charge in [0.25, 0.3) is 0 Å². The molecule has 0 fully saturated rings. The second-order valence-electron chi connectivity index (χ2n) is 5.08. The van der Waals surface area contributed by atoms with E-state index in [4.69, 9.17) is 10.8 Å². The topological polar surface area (TPSA) is 63.3 Å². The molecule has 0 heterocycles. The van der Waals surface area contributed by atoms with Crippen molar-refractivity contribution in [3.05, 3.63) is 35.4 Å². The van der Waals surface area contributed by atoms with Gasteiger partial charge in [-0.05, 0) is 29.4 Å². The highest BCUT2D eigenvalue weighted by Crippen LogP contribution is 2.25. The third-order valence-corrected chi connectivity index (χ3v) is 3.61. The van der Waals surface area contributed by atoms with E-state index in [1.54, 1.807) is 0 Å². The minimum absolute atomic E-state index is 0.0584. The van der Waals surface area contributed by atoms with Gasteiger partial charge in [0.05, 0.1) is 0 Å². The highest BCUT2D eigenvalue weighted by atomic mass is 16.4. The van der Waals surface area contributed by atoms with E-state index in [9.17, 15) is 4.79 Å². The van der Waals surface area contributed by atoms with Gasteiger partial charge in [-0.1, -0.05) is 45.0 Å². The standard InChI is InChI=1S/C15H23NO2/c1-4-10(2)12-5-7-13(8-6-12)15(16)11(3)9-14(17)18/h5-8,10-11,15H,4,9,16H2,1-3H3,(H,17,18). The van der Waals surface area contributed by atoms with Gasteiger partial charge in [0.2, 0.25) is 0 Å². The van der Waals surface area contributed by atoms with Crippen LogP contribution in [0.4, 0.5) is 0 Å². The number of rotatable bonds is 6. The largest absolute Gasteiger partial charge is 0.481 e. The molecule has 0 saturated heterocycles. The molecular formula is C15H23NO2. The molecule has 0 aliphatic carbocycles. The van der Waals surface area contributed by atoms with E-state index in [1.165, 1.54) is 5.56 Å². The van der Waals surface area contributed by atoms with E-state index in [-0.39, 0.29) is 18.4 Å². The molecule has 3 nitrogen and oxygen atoms in total. The van der Waals surface area contributed by atoms with Gasteiger partial charge in [0.15, 0.2) is 0 Å². The molecule has 0 aliphatic heterocycles. The lowest BCUT2D eigenvalue weighted by Crippen LogP contribution is -2.21. The van der Waals surface area contributed by atoms with Crippen LogP contribution in [-0.4, -0.2) is 11.1 Å². The van der Waals surface area contributed by atoms with Crippen LogP contribution in [0.5, 0.6) is 0 Å². The molecule has 3 N–H and O–H groups in total. The third kappa shape index (κ3) is 3.84. The fourth-order valence-corrected chi connectivity index (χ4v) is 2.01. The fraction of sp³-hybridized carbons (Fsp3) is 0.533. The van der Waals surface area contributed by atoms with Crippen molar-refractivity contribution in [1.29, 1.82) is 0 Å². The van der Waals surface area contributed by atoms with Crippen molar-refractivity contribution in [2.24, 2.45) is 11.7 Å². The Hall–Kier alpha value is -1.35. The van der Waals surface area contributed by atoms with Crippen LogP contribution in [0, 0.1) is 5.92 Å². The summed E-state index contributed by atoms with van der Waals surface area (Å²) in [6.07, 6.45) is 1.22. The Labute approximate surface area is 109 Å². The van der Waals surface area contributed by atoms with E-state index in [0.29, 0.717) is 5.92 Å². The zero-order valence-corrected chi connectivity index (χ0v) is 11.4. The van der Waals surface area contributed by atoms with Gasteiger partial charge in [-0.25, -0.2) is 0 Å². The maximum absolute atomic E-state index is 10.7. The molecular weight excluding hydrogens is 226 g/mol. The van der Waals surface area contributed by atoms with Crippen molar-refractivity contribution in [1.82, 2.24) is 0 Å². The zero-order chi connectivity index (χ0) is 13.7. The van der Waals surface area contributed by atoms with Gasteiger partial charge in [-0.15, -0.1) is 0 Å². The Morgan fingerprint density at radius 3 is 2.17 bits per heavy atom. The first kappa shape index (κ1) is 14.7. The van der Waals surface area contributed by atoms with Crippen molar-refractivity contribution in [2.75, 3.05) is 0 Å². The highest BCUT2D eigenvalue weighted by Gasteiger charge is 2.17. The second-order valence-corrected chi connectivity index (χ2v) is 5.08. The first-order valence-corrected chi connectivity index (χ1v) is 6.52. The van der Waals surface area contributed by atoms with E-state index < -0.39 is 5.97 Å². The van der Waals surface area contributed by atoms with Gasteiger partial charge in [0.1, 0.15) is 0 Å². The second kappa shape index (κ2) is 6.55. The molecule has 0 aromatic heterocycles. The van der Waals surface area contributed by atoms with Crippen LogP contribution in [0.1, 0.15) is 56.7 Å². The molecule has 3 unspecified atom stereocenters. The fourth-order valence-electron chi connectivity index (χ4n) is 2.01. The summed E-state index contributed by atoms with van der Waals surface area (Å²) in [6.45, 7) is 6.24. The summed E-state index contributed by atoms with van der Waals surface area (Å²) in [6, 6.07) is 8.01. The maximum Gasteiger partial charge on any atom is 0.303 e. The van der Waals surface area contributed by atoms with Crippen LogP contribution in [0.3, 0.4) is 0 Å². The summed E-state index contributed by atoms with van der Waals surface area (Å²) in [7, 11) is 0. The van der Waals surface area contributed by atoms with E-state index in [0.717, 1.165) is 12.0 Å². The summed E-state index contributed by atoms with van der Waals surface area (Å²) in [5.41, 5.74) is 8.40. The van der Waals surface area contributed by atoms with Gasteiger partial charge in [-0.2, -0.15) is 0 Å². The van der Waals surface area contributed by atoms with Crippen molar-refractivity contribution < 1.29 is 9.90 Å². The number of nitrogens with two attached hydrogens (primary N) is 1. The van der Waals surface area contributed by atoms with Gasteiger partial charge in [0, 0.05) is 12.5 Å². The van der Waals surface area contributed by atoms with Crippen molar-refractivity contribution in [2.45, 2.75) is 45.6 Å². The molecule has 0 saturated carbocycles. The molecule has 1 aromatic carbocycles. The molecule has 100 valence electrons. The van der Waals surface area contributed by atoms with E-state index in [2.05, 4.69) is 26.0 Å². The third-order valence-electron chi connectivity index (χ3n) is 3.61. The lowest BCUT2D eigenvalue weighted by atomic mass is 9.90. The number of hydrogen-bond donors (Lipinski definition) is 2. The van der Waals surface area contributed by atoms with Gasteiger partial charge < -0.3 is 10.8 Å². The number of hydrogen-bond acceptors (Lipinski definition) is 2. The molecule has 3 atom stereocenters. The van der Waals surface area contributed by atoms with Crippen molar-refractivity contribution in [3.8, 4) is 0 Å². The highest BCUT2D eigenvalue weighted by molar-refractivity contribution is 5.67. The lowest BCUT2D eigenvalue weighted by molar-refractivity contribution is -0.138. The Bertz CT molecular complexity index is 386. The zero-order valence-electron chi connectivity index (χ0n) is 11.4. The van der Waals surface area contributed by atoms with Crippen LogP contribution in [0.15, 0.2) is 24.3 Å². The summed E-state index contributed by atoms with van der Waals surface area (Å²) < 4.78 is 0. The number of carboxylic acid groups (broad SMARTS) is 1. The lowest BCUT2D eigenvalue weighted by Gasteiger charge is -2.19. The first-order chi connectivity index (χ1) is 8.45. The van der Waals surface area contributed by atoms with Crippen LogP contribution in [0.25, 0.3) is 0 Å². The smallest absolute Gasteiger partial charge is 0.303 e. The quantitative estimate of drug-likeness (QED) is 0.813. The van der Waals surface area contributed by atoms with E-state index >= 15 is 0 Å². The van der Waals surface area contributed by atoms with Crippen molar-refractivity contribution >= 4 is 5.97 Å². The molecule has 0 bridgehead atoms. The summed E-state index contributed by atoms with van der Waals surface area (Å²) in [5, 5.41) is 8.77. The van der Waals surface area contributed by atoms with Crippen LogP contribution < -0.4 is 5.73 Å². The van der Waals surface area contributed by atoms with E-state index in [1.807, 2.05) is 19.1 Å². The Morgan fingerprint density at radius 1 is 1.22 bits per heavy atom. The molecule has 0 amide bonds. The van der Waals surface area contributed by atoms with Gasteiger partial charge >= 0.3 is 5.97 Å². The van der Waals surface area contributed by atoms with Crippen molar-refractivity contribution in [3.63, 3.8) is 0 Å². The van der Waals surface area contributed by atoms with Crippen LogP contribution >= 0.6 is 0 Å². The number of aliphatic carboxylic acids is 1. The number of benzene rings is 1.